The number of likely N-dealkylation sites (tertiary alicyclic amines) is 1. The van der Waals surface area contributed by atoms with E-state index < -0.39 is 0 Å². The Balaban J connectivity index is 1.62. The monoisotopic (exact) mass is 404 g/mol. The number of hydrogen-bond acceptors (Lipinski definition) is 3. The first kappa shape index (κ1) is 20.1. The van der Waals surface area contributed by atoms with Crippen LogP contribution in [0.25, 0.3) is 11.0 Å². The highest BCUT2D eigenvalue weighted by Gasteiger charge is 2.24. The van der Waals surface area contributed by atoms with E-state index in [0.29, 0.717) is 11.4 Å². The van der Waals surface area contributed by atoms with Crippen molar-refractivity contribution in [1.29, 1.82) is 0 Å². The molecule has 1 N–H and O–H groups in total. The molecule has 0 radical (unpaired) electrons. The van der Waals surface area contributed by atoms with E-state index >= 15 is 0 Å². The number of aryl methyl sites for hydroxylation is 2. The van der Waals surface area contributed by atoms with Crippen LogP contribution in [0.2, 0.25) is 0 Å². The summed E-state index contributed by atoms with van der Waals surface area (Å²) >= 11 is 0. The summed E-state index contributed by atoms with van der Waals surface area (Å²) in [6.07, 6.45) is 2.12. The van der Waals surface area contributed by atoms with E-state index in [-0.39, 0.29) is 24.4 Å². The van der Waals surface area contributed by atoms with E-state index in [0.717, 1.165) is 48.1 Å². The molecule has 1 atom stereocenters. The van der Waals surface area contributed by atoms with Crippen molar-refractivity contribution in [3.05, 3.63) is 65.0 Å². The van der Waals surface area contributed by atoms with Crippen molar-refractivity contribution in [2.75, 3.05) is 13.1 Å². The molecule has 6 heteroatoms. The van der Waals surface area contributed by atoms with Gasteiger partial charge in [-0.05, 0) is 57.4 Å². The van der Waals surface area contributed by atoms with Crippen LogP contribution < -0.4 is 5.32 Å². The third-order valence-corrected chi connectivity index (χ3v) is 5.80. The van der Waals surface area contributed by atoms with Crippen molar-refractivity contribution >= 4 is 22.8 Å². The van der Waals surface area contributed by atoms with Gasteiger partial charge in [-0.2, -0.15) is 0 Å². The number of fused-ring (bicyclic) bond motifs is 1. The molecule has 0 spiro atoms. The fraction of sp³-hybridized carbons (Fsp3) is 0.375. The number of amides is 2. The summed E-state index contributed by atoms with van der Waals surface area (Å²) in [4.78, 5) is 32.4. The molecule has 1 fully saturated rings. The molecule has 156 valence electrons. The number of carbonyl (C=O) groups is 2. The number of nitrogens with zero attached hydrogens (tertiary/aromatic N) is 3. The molecule has 2 amide bonds. The lowest BCUT2D eigenvalue weighted by molar-refractivity contribution is -0.130. The lowest BCUT2D eigenvalue weighted by Gasteiger charge is -2.20. The van der Waals surface area contributed by atoms with Gasteiger partial charge in [0.1, 0.15) is 12.4 Å². The van der Waals surface area contributed by atoms with Gasteiger partial charge in [-0.15, -0.1) is 0 Å². The Bertz CT molecular complexity index is 1100. The number of rotatable bonds is 5. The maximum Gasteiger partial charge on any atom is 0.252 e. The zero-order valence-electron chi connectivity index (χ0n) is 17.8. The molecule has 4 rings (SSSR count). The van der Waals surface area contributed by atoms with Gasteiger partial charge in [0, 0.05) is 18.7 Å². The molecule has 30 heavy (non-hydrogen) atoms. The molecular weight excluding hydrogens is 376 g/mol. The quantitative estimate of drug-likeness (QED) is 0.704. The van der Waals surface area contributed by atoms with Crippen LogP contribution in [0, 0.1) is 13.8 Å². The zero-order valence-corrected chi connectivity index (χ0v) is 17.8. The van der Waals surface area contributed by atoms with Crippen LogP contribution in [0.3, 0.4) is 0 Å². The summed E-state index contributed by atoms with van der Waals surface area (Å²) < 4.78 is 1.95. The van der Waals surface area contributed by atoms with Crippen molar-refractivity contribution in [1.82, 2.24) is 19.8 Å². The van der Waals surface area contributed by atoms with Gasteiger partial charge in [0.05, 0.1) is 17.1 Å². The second-order valence-electron chi connectivity index (χ2n) is 8.15. The fourth-order valence-electron chi connectivity index (χ4n) is 4.20. The van der Waals surface area contributed by atoms with Crippen LogP contribution in [-0.2, 0) is 11.3 Å². The SMILES string of the molecule is Cc1ccc(C(=O)NC(C)c2nc3ccccc3n2CC(=O)N2CCCC2)c(C)c1. The van der Waals surface area contributed by atoms with E-state index in [1.165, 1.54) is 0 Å². The van der Waals surface area contributed by atoms with Crippen LogP contribution in [0.1, 0.15) is 53.1 Å². The minimum Gasteiger partial charge on any atom is -0.342 e. The summed E-state index contributed by atoms with van der Waals surface area (Å²) in [5, 5.41) is 3.07. The van der Waals surface area contributed by atoms with E-state index in [9.17, 15) is 9.59 Å². The minimum atomic E-state index is -0.336. The third kappa shape index (κ3) is 3.95. The number of aromatic nitrogens is 2. The second kappa shape index (κ2) is 8.30. The summed E-state index contributed by atoms with van der Waals surface area (Å²) in [6, 6.07) is 13.3. The van der Waals surface area contributed by atoms with Gasteiger partial charge in [-0.25, -0.2) is 4.98 Å². The highest BCUT2D eigenvalue weighted by atomic mass is 16.2. The molecule has 1 aliphatic heterocycles. The summed E-state index contributed by atoms with van der Waals surface area (Å²) in [5.41, 5.74) is 4.46. The van der Waals surface area contributed by atoms with Crippen LogP contribution in [0.5, 0.6) is 0 Å². The first-order chi connectivity index (χ1) is 14.4. The minimum absolute atomic E-state index is 0.102. The molecule has 1 aromatic heterocycles. The van der Waals surface area contributed by atoms with E-state index in [2.05, 4.69) is 5.32 Å². The second-order valence-corrected chi connectivity index (χ2v) is 8.15. The molecule has 2 heterocycles. The summed E-state index contributed by atoms with van der Waals surface area (Å²) in [6.45, 7) is 7.74. The molecular formula is C24H28N4O2. The zero-order chi connectivity index (χ0) is 21.3. The van der Waals surface area contributed by atoms with Crippen molar-refractivity contribution < 1.29 is 9.59 Å². The molecule has 1 aliphatic rings. The van der Waals surface area contributed by atoms with Crippen molar-refractivity contribution in [3.63, 3.8) is 0 Å². The Labute approximate surface area is 176 Å². The van der Waals surface area contributed by atoms with Crippen LogP contribution in [0.15, 0.2) is 42.5 Å². The standard InChI is InChI=1S/C24H28N4O2/c1-16-10-11-19(17(2)14-16)24(30)25-18(3)23-26-20-8-4-5-9-21(20)28(23)15-22(29)27-12-6-7-13-27/h4-5,8-11,14,18H,6-7,12-13,15H2,1-3H3,(H,25,30). The fourth-order valence-corrected chi connectivity index (χ4v) is 4.20. The largest absolute Gasteiger partial charge is 0.342 e. The van der Waals surface area contributed by atoms with Crippen molar-refractivity contribution in [2.24, 2.45) is 0 Å². The van der Waals surface area contributed by atoms with Gasteiger partial charge in [0.25, 0.3) is 5.91 Å². The Morgan fingerprint density at radius 2 is 1.83 bits per heavy atom. The third-order valence-electron chi connectivity index (χ3n) is 5.80. The van der Waals surface area contributed by atoms with Gasteiger partial charge in [-0.1, -0.05) is 29.8 Å². The lowest BCUT2D eigenvalue weighted by atomic mass is 10.0. The average Bonchev–Trinajstić information content (AvgIpc) is 3.36. The van der Waals surface area contributed by atoms with Crippen LogP contribution >= 0.6 is 0 Å². The first-order valence-electron chi connectivity index (χ1n) is 10.5. The van der Waals surface area contributed by atoms with Crippen molar-refractivity contribution in [2.45, 2.75) is 46.2 Å². The average molecular weight is 405 g/mol. The predicted molar refractivity (Wildman–Crippen MR) is 117 cm³/mol. The predicted octanol–water partition coefficient (Wildman–Crippen LogP) is 3.77. The molecule has 2 aromatic carbocycles. The Kier molecular flexibility index (Phi) is 5.57. The maximum atomic E-state index is 12.9. The topological polar surface area (TPSA) is 67.2 Å². The number of hydrogen-bond donors (Lipinski definition) is 1. The van der Waals surface area contributed by atoms with Gasteiger partial charge >= 0.3 is 0 Å². The Morgan fingerprint density at radius 1 is 1.10 bits per heavy atom. The maximum absolute atomic E-state index is 12.9. The highest BCUT2D eigenvalue weighted by molar-refractivity contribution is 5.96. The van der Waals surface area contributed by atoms with E-state index in [1.807, 2.05) is 72.7 Å². The molecule has 6 nitrogen and oxygen atoms in total. The molecule has 0 saturated carbocycles. The Morgan fingerprint density at radius 3 is 2.57 bits per heavy atom. The highest BCUT2D eigenvalue weighted by Crippen LogP contribution is 2.22. The number of imidazole rings is 1. The number of benzene rings is 2. The summed E-state index contributed by atoms with van der Waals surface area (Å²) in [7, 11) is 0. The first-order valence-corrected chi connectivity index (χ1v) is 10.5. The number of para-hydroxylation sites is 2. The molecule has 0 bridgehead atoms. The van der Waals surface area contributed by atoms with Crippen LogP contribution in [-0.4, -0.2) is 39.4 Å². The molecule has 0 aliphatic carbocycles. The normalized spacial score (nSPS) is 14.8. The van der Waals surface area contributed by atoms with Crippen LogP contribution in [0.4, 0.5) is 0 Å². The Hall–Kier alpha value is -3.15. The summed E-state index contributed by atoms with van der Waals surface area (Å²) in [5.74, 6) is 0.663. The van der Waals surface area contributed by atoms with E-state index in [4.69, 9.17) is 4.98 Å². The smallest absolute Gasteiger partial charge is 0.252 e. The van der Waals surface area contributed by atoms with Gasteiger partial charge in [-0.3, -0.25) is 9.59 Å². The molecule has 3 aromatic rings. The molecule has 1 saturated heterocycles. The van der Waals surface area contributed by atoms with Gasteiger partial charge in [0.2, 0.25) is 5.91 Å². The van der Waals surface area contributed by atoms with E-state index in [1.54, 1.807) is 0 Å². The lowest BCUT2D eigenvalue weighted by Crippen LogP contribution is -2.33. The molecule has 1 unspecified atom stereocenters. The number of nitrogens with one attached hydrogen (secondary N) is 1. The van der Waals surface area contributed by atoms with Gasteiger partial charge < -0.3 is 14.8 Å². The van der Waals surface area contributed by atoms with Crippen molar-refractivity contribution in [3.8, 4) is 0 Å². The number of carbonyl (C=O) groups excluding carboxylic acids is 2. The van der Waals surface area contributed by atoms with Gasteiger partial charge in [0.15, 0.2) is 0 Å².